The van der Waals surface area contributed by atoms with Gasteiger partial charge < -0.3 is 10.6 Å². The lowest BCUT2D eigenvalue weighted by Crippen LogP contribution is -2.52. The van der Waals surface area contributed by atoms with Gasteiger partial charge in [-0.1, -0.05) is 13.0 Å². The summed E-state index contributed by atoms with van der Waals surface area (Å²) in [4.78, 5) is 17.6. The molecule has 0 spiro atoms. The molecule has 1 atom stereocenters. The van der Waals surface area contributed by atoms with Gasteiger partial charge in [0.1, 0.15) is 0 Å². The molecule has 2 rings (SSSR count). The maximum Gasteiger partial charge on any atom is 0.239 e. The van der Waals surface area contributed by atoms with Crippen molar-refractivity contribution in [3.8, 4) is 0 Å². The predicted octanol–water partition coefficient (Wildman–Crippen LogP) is 1.13. The first-order valence-corrected chi connectivity index (χ1v) is 7.37. The quantitative estimate of drug-likeness (QED) is 0.889. The standard InChI is InChI=1S/C13H21N3OS/c1-2-12(14)13(17)16-7-5-15(6-8-16)10-11-4-3-9-18-11/h3-4,9,12H,2,5-8,10,14H2,1H3/t12-/m1/s1. The van der Waals surface area contributed by atoms with Crippen LogP contribution in [-0.4, -0.2) is 47.9 Å². The Hall–Kier alpha value is -0.910. The van der Waals surface area contributed by atoms with E-state index >= 15 is 0 Å². The van der Waals surface area contributed by atoms with Crippen LogP contribution in [0.5, 0.6) is 0 Å². The van der Waals surface area contributed by atoms with Crippen molar-refractivity contribution in [2.24, 2.45) is 5.73 Å². The van der Waals surface area contributed by atoms with E-state index in [-0.39, 0.29) is 11.9 Å². The third-order valence-corrected chi connectivity index (χ3v) is 4.26. The molecule has 0 aromatic carbocycles. The molecule has 1 amide bonds. The largest absolute Gasteiger partial charge is 0.339 e. The van der Waals surface area contributed by atoms with E-state index < -0.39 is 0 Å². The molecule has 0 bridgehead atoms. The van der Waals surface area contributed by atoms with Gasteiger partial charge in [-0.15, -0.1) is 11.3 Å². The maximum atomic E-state index is 11.9. The van der Waals surface area contributed by atoms with Crippen molar-refractivity contribution < 1.29 is 4.79 Å². The molecule has 5 heteroatoms. The molecule has 1 aromatic heterocycles. The molecular weight excluding hydrogens is 246 g/mol. The summed E-state index contributed by atoms with van der Waals surface area (Å²) in [5, 5.41) is 2.11. The molecular formula is C13H21N3OS. The molecule has 4 nitrogen and oxygen atoms in total. The van der Waals surface area contributed by atoms with Crippen molar-refractivity contribution >= 4 is 17.2 Å². The first-order valence-electron chi connectivity index (χ1n) is 6.49. The number of thiophene rings is 1. The number of amides is 1. The van der Waals surface area contributed by atoms with Crippen LogP contribution in [0.3, 0.4) is 0 Å². The highest BCUT2D eigenvalue weighted by Gasteiger charge is 2.24. The van der Waals surface area contributed by atoms with Gasteiger partial charge in [0.15, 0.2) is 0 Å². The van der Waals surface area contributed by atoms with Crippen LogP contribution >= 0.6 is 11.3 Å². The van der Waals surface area contributed by atoms with E-state index in [0.717, 1.165) is 32.7 Å². The van der Waals surface area contributed by atoms with Crippen molar-refractivity contribution in [2.75, 3.05) is 26.2 Å². The SMILES string of the molecule is CC[C@@H](N)C(=O)N1CCN(Cc2cccs2)CC1. The van der Waals surface area contributed by atoms with Crippen LogP contribution < -0.4 is 5.73 Å². The minimum Gasteiger partial charge on any atom is -0.339 e. The van der Waals surface area contributed by atoms with E-state index in [2.05, 4.69) is 22.4 Å². The molecule has 18 heavy (non-hydrogen) atoms. The topological polar surface area (TPSA) is 49.6 Å². The van der Waals surface area contributed by atoms with Crippen LogP contribution in [0.2, 0.25) is 0 Å². The minimum absolute atomic E-state index is 0.105. The van der Waals surface area contributed by atoms with Crippen molar-refractivity contribution in [3.05, 3.63) is 22.4 Å². The molecule has 2 N–H and O–H groups in total. The lowest BCUT2D eigenvalue weighted by Gasteiger charge is -2.35. The van der Waals surface area contributed by atoms with Gasteiger partial charge in [0, 0.05) is 37.6 Å². The summed E-state index contributed by atoms with van der Waals surface area (Å²) in [6, 6.07) is 3.92. The average Bonchev–Trinajstić information content (AvgIpc) is 2.91. The molecule has 1 aliphatic heterocycles. The van der Waals surface area contributed by atoms with E-state index in [1.54, 1.807) is 11.3 Å². The maximum absolute atomic E-state index is 11.9. The number of hydrogen-bond donors (Lipinski definition) is 1. The second kappa shape index (κ2) is 6.31. The van der Waals surface area contributed by atoms with Gasteiger partial charge in [0.05, 0.1) is 6.04 Å². The zero-order valence-corrected chi connectivity index (χ0v) is 11.7. The third-order valence-electron chi connectivity index (χ3n) is 3.40. The van der Waals surface area contributed by atoms with Gasteiger partial charge in [-0.3, -0.25) is 9.69 Å². The molecule has 0 radical (unpaired) electrons. The van der Waals surface area contributed by atoms with Crippen LogP contribution in [0.25, 0.3) is 0 Å². The predicted molar refractivity (Wildman–Crippen MR) is 74.4 cm³/mol. The van der Waals surface area contributed by atoms with E-state index in [1.165, 1.54) is 4.88 Å². The fourth-order valence-electron chi connectivity index (χ4n) is 2.16. The molecule has 1 aliphatic rings. The highest BCUT2D eigenvalue weighted by Crippen LogP contribution is 2.13. The number of carbonyl (C=O) groups excluding carboxylic acids is 1. The van der Waals surface area contributed by atoms with Crippen molar-refractivity contribution in [3.63, 3.8) is 0 Å². The van der Waals surface area contributed by atoms with Crippen LogP contribution in [0, 0.1) is 0 Å². The summed E-state index contributed by atoms with van der Waals surface area (Å²) in [5.41, 5.74) is 5.79. The Morgan fingerprint density at radius 1 is 1.44 bits per heavy atom. The summed E-state index contributed by atoms with van der Waals surface area (Å²) in [6.07, 6.45) is 0.717. The number of carbonyl (C=O) groups is 1. The number of nitrogens with two attached hydrogens (primary N) is 1. The van der Waals surface area contributed by atoms with Crippen LogP contribution in [-0.2, 0) is 11.3 Å². The van der Waals surface area contributed by atoms with Gasteiger partial charge in [0.25, 0.3) is 0 Å². The smallest absolute Gasteiger partial charge is 0.239 e. The minimum atomic E-state index is -0.325. The van der Waals surface area contributed by atoms with Gasteiger partial charge in [-0.2, -0.15) is 0 Å². The Balaban J connectivity index is 1.79. The fourth-order valence-corrected chi connectivity index (χ4v) is 2.90. The van der Waals surface area contributed by atoms with Crippen molar-refractivity contribution in [2.45, 2.75) is 25.9 Å². The van der Waals surface area contributed by atoms with E-state index in [1.807, 2.05) is 11.8 Å². The average molecular weight is 267 g/mol. The Morgan fingerprint density at radius 3 is 2.72 bits per heavy atom. The summed E-state index contributed by atoms with van der Waals surface area (Å²) < 4.78 is 0. The van der Waals surface area contributed by atoms with Gasteiger partial charge >= 0.3 is 0 Å². The molecule has 0 unspecified atom stereocenters. The molecule has 0 aliphatic carbocycles. The van der Waals surface area contributed by atoms with Crippen LogP contribution in [0.15, 0.2) is 17.5 Å². The van der Waals surface area contributed by atoms with Gasteiger partial charge in [-0.25, -0.2) is 0 Å². The highest BCUT2D eigenvalue weighted by atomic mass is 32.1. The molecule has 0 saturated carbocycles. The number of rotatable bonds is 4. The fraction of sp³-hybridized carbons (Fsp3) is 0.615. The number of piperazine rings is 1. The van der Waals surface area contributed by atoms with E-state index in [9.17, 15) is 4.79 Å². The van der Waals surface area contributed by atoms with Crippen molar-refractivity contribution in [1.82, 2.24) is 9.80 Å². The summed E-state index contributed by atoms with van der Waals surface area (Å²) in [5.74, 6) is 0.105. The lowest BCUT2D eigenvalue weighted by molar-refractivity contribution is -0.134. The zero-order chi connectivity index (χ0) is 13.0. The molecule has 2 heterocycles. The Kier molecular flexibility index (Phi) is 4.74. The summed E-state index contributed by atoms with van der Waals surface area (Å²) in [6.45, 7) is 6.45. The van der Waals surface area contributed by atoms with E-state index in [4.69, 9.17) is 5.73 Å². The molecule has 100 valence electrons. The van der Waals surface area contributed by atoms with Crippen molar-refractivity contribution in [1.29, 1.82) is 0 Å². The molecule has 1 saturated heterocycles. The van der Waals surface area contributed by atoms with E-state index in [0.29, 0.717) is 6.42 Å². The second-order valence-corrected chi connectivity index (χ2v) is 5.73. The number of nitrogens with zero attached hydrogens (tertiary/aromatic N) is 2. The molecule has 1 fully saturated rings. The Bertz CT molecular complexity index is 372. The monoisotopic (exact) mass is 267 g/mol. The lowest BCUT2D eigenvalue weighted by atomic mass is 10.2. The van der Waals surface area contributed by atoms with Gasteiger partial charge in [0.2, 0.25) is 5.91 Å². The number of hydrogen-bond acceptors (Lipinski definition) is 4. The summed E-state index contributed by atoms with van der Waals surface area (Å²) >= 11 is 1.79. The van der Waals surface area contributed by atoms with Gasteiger partial charge in [-0.05, 0) is 17.9 Å². The summed E-state index contributed by atoms with van der Waals surface area (Å²) in [7, 11) is 0. The van der Waals surface area contributed by atoms with Crippen LogP contribution in [0.4, 0.5) is 0 Å². The highest BCUT2D eigenvalue weighted by molar-refractivity contribution is 7.09. The zero-order valence-electron chi connectivity index (χ0n) is 10.8. The first kappa shape index (κ1) is 13.5. The molecule has 1 aromatic rings. The van der Waals surface area contributed by atoms with Crippen LogP contribution in [0.1, 0.15) is 18.2 Å². The first-order chi connectivity index (χ1) is 8.70. The third kappa shape index (κ3) is 3.31. The normalized spacial score (nSPS) is 18.9. The Morgan fingerprint density at radius 2 is 2.17 bits per heavy atom. The second-order valence-electron chi connectivity index (χ2n) is 4.70. The Labute approximate surface area is 112 Å².